The molecule has 4 aromatic rings. The molecular formula is C19H15N2+. The largest absolute Gasteiger partial charge is 0.248 e. The predicted molar refractivity (Wildman–Crippen MR) is 85.0 cm³/mol. The Morgan fingerprint density at radius 2 is 1.52 bits per heavy atom. The molecular weight excluding hydrogens is 256 g/mol. The standard InChI is InChI=1S/C19H15N2/c1-4-10-21(11-5-1)14-15-8-9-19-17(12-15)13-16-6-2-3-7-18(16)20-19/h1-13H,14H2/q+1. The number of hydrogen-bond donors (Lipinski definition) is 0. The number of fused-ring (bicyclic) bond motifs is 2. The first-order chi connectivity index (χ1) is 10.4. The fraction of sp³-hybridized carbons (Fsp3) is 0.0526. The van der Waals surface area contributed by atoms with Gasteiger partial charge in [0.1, 0.15) is 0 Å². The van der Waals surface area contributed by atoms with Crippen LogP contribution in [0.4, 0.5) is 0 Å². The van der Waals surface area contributed by atoms with E-state index in [0.29, 0.717) is 0 Å². The van der Waals surface area contributed by atoms with Gasteiger partial charge >= 0.3 is 0 Å². The number of benzene rings is 2. The van der Waals surface area contributed by atoms with Gasteiger partial charge in [0.25, 0.3) is 0 Å². The van der Waals surface area contributed by atoms with Crippen LogP contribution in [0, 0.1) is 0 Å². The number of nitrogens with zero attached hydrogens (tertiary/aromatic N) is 2. The molecule has 0 saturated carbocycles. The second kappa shape index (κ2) is 4.98. The SMILES string of the molecule is c1cc[n+](Cc2ccc3nc4ccccc4cc3c2)cc1. The highest BCUT2D eigenvalue weighted by atomic mass is 14.9. The van der Waals surface area contributed by atoms with E-state index in [4.69, 9.17) is 4.98 Å². The van der Waals surface area contributed by atoms with Crippen LogP contribution < -0.4 is 4.57 Å². The molecule has 0 saturated heterocycles. The van der Waals surface area contributed by atoms with Crippen LogP contribution in [-0.2, 0) is 6.54 Å². The summed E-state index contributed by atoms with van der Waals surface area (Å²) in [6.07, 6.45) is 4.17. The zero-order valence-electron chi connectivity index (χ0n) is 11.6. The van der Waals surface area contributed by atoms with Crippen LogP contribution in [-0.4, -0.2) is 4.98 Å². The summed E-state index contributed by atoms with van der Waals surface area (Å²) in [6.45, 7) is 0.879. The number of aromatic nitrogens is 2. The van der Waals surface area contributed by atoms with Gasteiger partial charge in [-0.2, -0.15) is 0 Å². The van der Waals surface area contributed by atoms with Crippen LogP contribution in [0.15, 0.2) is 79.1 Å². The van der Waals surface area contributed by atoms with Gasteiger partial charge in [-0.3, -0.25) is 0 Å². The minimum atomic E-state index is 0.879. The minimum Gasteiger partial charge on any atom is -0.248 e. The molecule has 0 aliphatic carbocycles. The average Bonchev–Trinajstić information content (AvgIpc) is 2.54. The summed E-state index contributed by atoms with van der Waals surface area (Å²) in [4.78, 5) is 4.72. The van der Waals surface area contributed by atoms with E-state index in [0.717, 1.165) is 17.6 Å². The lowest BCUT2D eigenvalue weighted by Crippen LogP contribution is -2.32. The molecule has 0 fully saturated rings. The Balaban J connectivity index is 1.80. The van der Waals surface area contributed by atoms with Crippen molar-refractivity contribution in [3.05, 3.63) is 84.7 Å². The first kappa shape index (κ1) is 12.0. The van der Waals surface area contributed by atoms with Crippen molar-refractivity contribution in [2.24, 2.45) is 0 Å². The van der Waals surface area contributed by atoms with E-state index in [1.54, 1.807) is 0 Å². The monoisotopic (exact) mass is 271 g/mol. The fourth-order valence-electron chi connectivity index (χ4n) is 2.68. The van der Waals surface area contributed by atoms with Gasteiger partial charge in [-0.25, -0.2) is 9.55 Å². The molecule has 2 heteroatoms. The average molecular weight is 271 g/mol. The van der Waals surface area contributed by atoms with Crippen molar-refractivity contribution in [3.63, 3.8) is 0 Å². The van der Waals surface area contributed by atoms with Gasteiger partial charge in [-0.05, 0) is 24.3 Å². The zero-order valence-corrected chi connectivity index (χ0v) is 11.6. The van der Waals surface area contributed by atoms with Crippen LogP contribution in [0.1, 0.15) is 5.56 Å². The second-order valence-corrected chi connectivity index (χ2v) is 5.26. The number of rotatable bonds is 2. The van der Waals surface area contributed by atoms with Gasteiger partial charge in [0.15, 0.2) is 18.9 Å². The molecule has 4 rings (SSSR count). The molecule has 2 heterocycles. The van der Waals surface area contributed by atoms with Gasteiger partial charge < -0.3 is 0 Å². The molecule has 0 bridgehead atoms. The normalized spacial score (nSPS) is 11.0. The van der Waals surface area contributed by atoms with Crippen molar-refractivity contribution in [3.8, 4) is 0 Å². The number of pyridine rings is 2. The number of para-hydroxylation sites is 1. The first-order valence-corrected chi connectivity index (χ1v) is 7.11. The molecule has 100 valence electrons. The van der Waals surface area contributed by atoms with Crippen molar-refractivity contribution in [1.29, 1.82) is 0 Å². The summed E-state index contributed by atoms with van der Waals surface area (Å²) in [5, 5.41) is 2.39. The molecule has 0 aliphatic heterocycles. The summed E-state index contributed by atoms with van der Waals surface area (Å²) in [6, 6.07) is 23.1. The molecule has 2 aromatic heterocycles. The van der Waals surface area contributed by atoms with Crippen LogP contribution >= 0.6 is 0 Å². The highest BCUT2D eigenvalue weighted by Gasteiger charge is 2.04. The predicted octanol–water partition coefficient (Wildman–Crippen LogP) is 3.72. The van der Waals surface area contributed by atoms with E-state index >= 15 is 0 Å². The first-order valence-electron chi connectivity index (χ1n) is 7.11. The van der Waals surface area contributed by atoms with Crippen LogP contribution in [0.3, 0.4) is 0 Å². The second-order valence-electron chi connectivity index (χ2n) is 5.26. The van der Waals surface area contributed by atoms with E-state index < -0.39 is 0 Å². The highest BCUT2D eigenvalue weighted by molar-refractivity contribution is 5.92. The van der Waals surface area contributed by atoms with Gasteiger partial charge in [-0.15, -0.1) is 0 Å². The molecule has 2 aromatic carbocycles. The summed E-state index contributed by atoms with van der Waals surface area (Å²) in [5.74, 6) is 0. The van der Waals surface area contributed by atoms with Gasteiger partial charge in [0.2, 0.25) is 0 Å². The lowest BCUT2D eigenvalue weighted by molar-refractivity contribution is -0.688. The quantitative estimate of drug-likeness (QED) is 0.401. The summed E-state index contributed by atoms with van der Waals surface area (Å²) in [7, 11) is 0. The maximum atomic E-state index is 4.72. The third kappa shape index (κ3) is 2.36. The molecule has 0 unspecified atom stereocenters. The van der Waals surface area contributed by atoms with Gasteiger partial charge in [0, 0.05) is 28.5 Å². The molecule has 0 radical (unpaired) electrons. The Morgan fingerprint density at radius 3 is 2.43 bits per heavy atom. The third-order valence-corrected chi connectivity index (χ3v) is 3.72. The van der Waals surface area contributed by atoms with Crippen LogP contribution in [0.2, 0.25) is 0 Å². The molecule has 0 aliphatic rings. The Labute approximate surface area is 123 Å². The van der Waals surface area contributed by atoms with E-state index in [9.17, 15) is 0 Å². The van der Waals surface area contributed by atoms with E-state index in [-0.39, 0.29) is 0 Å². The minimum absolute atomic E-state index is 0.879. The van der Waals surface area contributed by atoms with Gasteiger partial charge in [0.05, 0.1) is 11.0 Å². The Morgan fingerprint density at radius 1 is 0.714 bits per heavy atom. The lowest BCUT2D eigenvalue weighted by atomic mass is 10.1. The fourth-order valence-corrected chi connectivity index (χ4v) is 2.68. The van der Waals surface area contributed by atoms with E-state index in [1.165, 1.54) is 16.3 Å². The van der Waals surface area contributed by atoms with Crippen molar-refractivity contribution in [1.82, 2.24) is 4.98 Å². The maximum Gasteiger partial charge on any atom is 0.173 e. The van der Waals surface area contributed by atoms with Crippen molar-refractivity contribution >= 4 is 21.8 Å². The maximum absolute atomic E-state index is 4.72. The molecule has 0 atom stereocenters. The van der Waals surface area contributed by atoms with E-state index in [2.05, 4.69) is 71.6 Å². The van der Waals surface area contributed by atoms with Crippen LogP contribution in [0.25, 0.3) is 21.8 Å². The Kier molecular flexibility index (Phi) is 2.86. The molecule has 0 N–H and O–H groups in total. The molecule has 21 heavy (non-hydrogen) atoms. The highest BCUT2D eigenvalue weighted by Crippen LogP contribution is 2.20. The lowest BCUT2D eigenvalue weighted by Gasteiger charge is -2.03. The Bertz CT molecular complexity index is 914. The Hall–Kier alpha value is -2.74. The van der Waals surface area contributed by atoms with Crippen molar-refractivity contribution in [2.75, 3.05) is 0 Å². The van der Waals surface area contributed by atoms with E-state index in [1.807, 2.05) is 12.1 Å². The summed E-state index contributed by atoms with van der Waals surface area (Å²) < 4.78 is 2.18. The molecule has 0 spiro atoms. The molecule has 0 amide bonds. The van der Waals surface area contributed by atoms with Gasteiger partial charge in [-0.1, -0.05) is 30.3 Å². The summed E-state index contributed by atoms with van der Waals surface area (Å²) >= 11 is 0. The van der Waals surface area contributed by atoms with Crippen molar-refractivity contribution in [2.45, 2.75) is 6.54 Å². The summed E-state index contributed by atoms with van der Waals surface area (Å²) in [5.41, 5.74) is 3.39. The van der Waals surface area contributed by atoms with Crippen molar-refractivity contribution < 1.29 is 4.57 Å². The topological polar surface area (TPSA) is 16.8 Å². The molecule has 2 nitrogen and oxygen atoms in total. The smallest absolute Gasteiger partial charge is 0.173 e. The number of hydrogen-bond acceptors (Lipinski definition) is 1. The third-order valence-electron chi connectivity index (χ3n) is 3.72. The zero-order chi connectivity index (χ0) is 14.1. The van der Waals surface area contributed by atoms with Crippen LogP contribution in [0.5, 0.6) is 0 Å².